The molecule has 0 fully saturated rings. The Balaban J connectivity index is 2.16. The number of fused-ring (bicyclic) bond motifs is 1. The van der Waals surface area contributed by atoms with Crippen molar-refractivity contribution in [3.63, 3.8) is 0 Å². The minimum atomic E-state index is -0.417. The van der Waals surface area contributed by atoms with Gasteiger partial charge in [0.1, 0.15) is 6.54 Å². The average Bonchev–Trinajstić information content (AvgIpc) is 3.03. The number of hydrogen-bond donors (Lipinski definition) is 0. The predicted octanol–water partition coefficient (Wildman–Crippen LogP) is 3.79. The smallest absolute Gasteiger partial charge is 0.326 e. The summed E-state index contributed by atoms with van der Waals surface area (Å²) in [6.45, 7) is 1.93. The standard InChI is InChI=1S/C20H19BrN2O5S/c1-4-28-18(24)11-23-14-9-15(26-2)16(27-3)10-17(14)29-20(23)22-19(25)12-5-7-13(21)8-6-12/h5-10H,4,11H2,1-3H3. The van der Waals surface area contributed by atoms with Crippen LogP contribution in [0, 0.1) is 0 Å². The van der Waals surface area contributed by atoms with Gasteiger partial charge in [-0.3, -0.25) is 9.59 Å². The molecule has 0 radical (unpaired) electrons. The van der Waals surface area contributed by atoms with E-state index < -0.39 is 11.9 Å². The summed E-state index contributed by atoms with van der Waals surface area (Å²) in [5, 5.41) is 0. The highest BCUT2D eigenvalue weighted by atomic mass is 79.9. The number of nitrogens with zero attached hydrogens (tertiary/aromatic N) is 2. The molecule has 29 heavy (non-hydrogen) atoms. The fourth-order valence-corrected chi connectivity index (χ4v) is 4.02. The van der Waals surface area contributed by atoms with Crippen molar-refractivity contribution in [2.75, 3.05) is 20.8 Å². The van der Waals surface area contributed by atoms with E-state index in [9.17, 15) is 9.59 Å². The average molecular weight is 479 g/mol. The molecule has 0 saturated heterocycles. The van der Waals surface area contributed by atoms with Gasteiger partial charge in [0.05, 0.1) is 31.0 Å². The van der Waals surface area contributed by atoms with Crippen molar-refractivity contribution in [1.82, 2.24) is 4.57 Å². The van der Waals surface area contributed by atoms with Crippen LogP contribution in [0.25, 0.3) is 10.2 Å². The summed E-state index contributed by atoms with van der Waals surface area (Å²) in [7, 11) is 3.08. The van der Waals surface area contributed by atoms with Crippen molar-refractivity contribution >= 4 is 49.4 Å². The number of methoxy groups -OCH3 is 2. The van der Waals surface area contributed by atoms with E-state index in [2.05, 4.69) is 20.9 Å². The Bertz CT molecular complexity index is 1120. The number of esters is 1. The molecular weight excluding hydrogens is 460 g/mol. The predicted molar refractivity (Wildman–Crippen MR) is 114 cm³/mol. The van der Waals surface area contributed by atoms with Gasteiger partial charge in [-0.2, -0.15) is 4.99 Å². The molecule has 2 aromatic carbocycles. The molecule has 0 atom stereocenters. The second-order valence-electron chi connectivity index (χ2n) is 5.87. The van der Waals surface area contributed by atoms with Crippen LogP contribution < -0.4 is 14.3 Å². The van der Waals surface area contributed by atoms with Crippen molar-refractivity contribution in [2.45, 2.75) is 13.5 Å². The lowest BCUT2D eigenvalue weighted by Gasteiger charge is -2.09. The Morgan fingerprint density at radius 3 is 2.38 bits per heavy atom. The van der Waals surface area contributed by atoms with Crippen LogP contribution in [0.5, 0.6) is 11.5 Å². The number of benzene rings is 2. The summed E-state index contributed by atoms with van der Waals surface area (Å²) in [5.41, 5.74) is 1.14. The summed E-state index contributed by atoms with van der Waals surface area (Å²) in [6, 6.07) is 10.5. The third kappa shape index (κ3) is 4.68. The molecule has 3 aromatic rings. The number of ether oxygens (including phenoxy) is 3. The number of aromatic nitrogens is 1. The Hall–Kier alpha value is -2.65. The molecule has 0 unspecified atom stereocenters. The van der Waals surface area contributed by atoms with Gasteiger partial charge in [-0.05, 0) is 31.2 Å². The van der Waals surface area contributed by atoms with Crippen molar-refractivity contribution in [2.24, 2.45) is 4.99 Å². The zero-order valence-corrected chi connectivity index (χ0v) is 18.5. The molecule has 9 heteroatoms. The molecular formula is C20H19BrN2O5S. The minimum absolute atomic E-state index is 0.0736. The zero-order valence-electron chi connectivity index (χ0n) is 16.1. The van der Waals surface area contributed by atoms with E-state index in [-0.39, 0.29) is 13.2 Å². The van der Waals surface area contributed by atoms with Crippen LogP contribution in [0.15, 0.2) is 45.9 Å². The van der Waals surface area contributed by atoms with Gasteiger partial charge >= 0.3 is 5.97 Å². The fraction of sp³-hybridized carbons (Fsp3) is 0.250. The maximum atomic E-state index is 12.7. The SMILES string of the molecule is CCOC(=O)Cn1c(=NC(=O)c2ccc(Br)cc2)sc2cc(OC)c(OC)cc21. The lowest BCUT2D eigenvalue weighted by molar-refractivity contribution is -0.143. The molecule has 1 aromatic heterocycles. The van der Waals surface area contributed by atoms with Crippen LogP contribution in [0.4, 0.5) is 0 Å². The number of thiazole rings is 1. The van der Waals surface area contributed by atoms with E-state index in [1.165, 1.54) is 18.4 Å². The Morgan fingerprint density at radius 1 is 1.10 bits per heavy atom. The number of rotatable bonds is 6. The molecule has 152 valence electrons. The number of carbonyl (C=O) groups excluding carboxylic acids is 2. The van der Waals surface area contributed by atoms with Crippen molar-refractivity contribution in [1.29, 1.82) is 0 Å². The van der Waals surface area contributed by atoms with Gasteiger partial charge in [0.15, 0.2) is 16.3 Å². The highest BCUT2D eigenvalue weighted by molar-refractivity contribution is 9.10. The fourth-order valence-electron chi connectivity index (χ4n) is 2.71. The molecule has 1 amide bonds. The van der Waals surface area contributed by atoms with Gasteiger partial charge in [-0.1, -0.05) is 27.3 Å². The van der Waals surface area contributed by atoms with E-state index in [0.717, 1.165) is 9.17 Å². The molecule has 0 bridgehead atoms. The first-order chi connectivity index (χ1) is 14.0. The van der Waals surface area contributed by atoms with Gasteiger partial charge in [0.2, 0.25) is 0 Å². The Morgan fingerprint density at radius 2 is 1.76 bits per heavy atom. The minimum Gasteiger partial charge on any atom is -0.493 e. The zero-order chi connectivity index (χ0) is 21.0. The quantitative estimate of drug-likeness (QED) is 0.503. The molecule has 0 aliphatic carbocycles. The highest BCUT2D eigenvalue weighted by Crippen LogP contribution is 2.33. The van der Waals surface area contributed by atoms with Gasteiger partial charge in [-0.25, -0.2) is 0 Å². The molecule has 0 aliphatic heterocycles. The molecule has 1 heterocycles. The third-order valence-electron chi connectivity index (χ3n) is 4.07. The molecule has 0 aliphatic rings. The first-order valence-electron chi connectivity index (χ1n) is 8.72. The van der Waals surface area contributed by atoms with E-state index >= 15 is 0 Å². The van der Waals surface area contributed by atoms with E-state index in [0.29, 0.717) is 27.4 Å². The van der Waals surface area contributed by atoms with Crippen LogP contribution >= 0.6 is 27.3 Å². The Labute approximate surface area is 179 Å². The monoisotopic (exact) mass is 478 g/mol. The van der Waals surface area contributed by atoms with E-state index in [1.54, 1.807) is 55.0 Å². The van der Waals surface area contributed by atoms with Crippen molar-refractivity contribution < 1.29 is 23.8 Å². The molecule has 3 rings (SSSR count). The number of halogens is 1. The van der Waals surface area contributed by atoms with Crippen LogP contribution in [-0.4, -0.2) is 37.3 Å². The maximum Gasteiger partial charge on any atom is 0.326 e. The van der Waals surface area contributed by atoms with Gasteiger partial charge < -0.3 is 18.8 Å². The molecule has 0 spiro atoms. The van der Waals surface area contributed by atoms with Crippen LogP contribution in [0.1, 0.15) is 17.3 Å². The summed E-state index contributed by atoms with van der Waals surface area (Å²) < 4.78 is 19.1. The van der Waals surface area contributed by atoms with Gasteiger partial charge in [0.25, 0.3) is 5.91 Å². The molecule has 7 nitrogen and oxygen atoms in total. The van der Waals surface area contributed by atoms with Crippen molar-refractivity contribution in [3.05, 3.63) is 51.2 Å². The van der Waals surface area contributed by atoms with Crippen molar-refractivity contribution in [3.8, 4) is 11.5 Å². The lowest BCUT2D eigenvalue weighted by Crippen LogP contribution is -2.23. The summed E-state index contributed by atoms with van der Waals surface area (Å²) >= 11 is 4.63. The highest BCUT2D eigenvalue weighted by Gasteiger charge is 2.16. The summed E-state index contributed by atoms with van der Waals surface area (Å²) in [5.74, 6) is 0.247. The van der Waals surface area contributed by atoms with Gasteiger partial charge in [0, 0.05) is 22.2 Å². The second kappa shape index (κ2) is 9.23. The largest absolute Gasteiger partial charge is 0.493 e. The number of carbonyl (C=O) groups is 2. The maximum absolute atomic E-state index is 12.7. The van der Waals surface area contributed by atoms with E-state index in [1.807, 2.05) is 0 Å². The topological polar surface area (TPSA) is 79.1 Å². The first-order valence-corrected chi connectivity index (χ1v) is 10.3. The Kier molecular flexibility index (Phi) is 6.71. The van der Waals surface area contributed by atoms with Crippen LogP contribution in [0.2, 0.25) is 0 Å². The molecule has 0 N–H and O–H groups in total. The molecule has 0 saturated carbocycles. The normalized spacial score (nSPS) is 11.5. The van der Waals surface area contributed by atoms with Crippen LogP contribution in [-0.2, 0) is 16.1 Å². The lowest BCUT2D eigenvalue weighted by atomic mass is 10.2. The number of amides is 1. The van der Waals surface area contributed by atoms with Gasteiger partial charge in [-0.15, -0.1) is 0 Å². The third-order valence-corrected chi connectivity index (χ3v) is 5.64. The van der Waals surface area contributed by atoms with Crippen LogP contribution in [0.3, 0.4) is 0 Å². The number of hydrogen-bond acceptors (Lipinski definition) is 6. The second-order valence-corrected chi connectivity index (χ2v) is 7.80. The summed E-state index contributed by atoms with van der Waals surface area (Å²) in [6.07, 6.45) is 0. The first kappa shape index (κ1) is 21.1. The van der Waals surface area contributed by atoms with E-state index in [4.69, 9.17) is 14.2 Å². The summed E-state index contributed by atoms with van der Waals surface area (Å²) in [4.78, 5) is 29.5.